The van der Waals surface area contributed by atoms with Crippen LogP contribution in [0.15, 0.2) is 58.1 Å². The molecule has 1 aliphatic carbocycles. The second-order valence-electron chi connectivity index (χ2n) is 7.30. The van der Waals surface area contributed by atoms with Crippen LogP contribution in [0.1, 0.15) is 44.4 Å². The highest BCUT2D eigenvalue weighted by atomic mass is 127. The maximum Gasteiger partial charge on any atom is 0.191 e. The number of nitrogens with one attached hydrogen (secondary N) is 2. The number of aliphatic imine (C=N–C) groups is 1. The number of rotatable bonds is 7. The Balaban J connectivity index is 0.00000261. The van der Waals surface area contributed by atoms with Crippen LogP contribution in [0.2, 0.25) is 0 Å². The van der Waals surface area contributed by atoms with Crippen LogP contribution < -0.4 is 10.6 Å². The fourth-order valence-electron chi connectivity index (χ4n) is 3.45. The molecule has 1 unspecified atom stereocenters. The molecular formula is C21H30IN3O2. The normalized spacial score (nSPS) is 18.0. The molecule has 2 aromatic rings. The van der Waals surface area contributed by atoms with E-state index in [1.807, 2.05) is 6.92 Å². The number of hydrogen-bond acceptors (Lipinski definition) is 3. The Morgan fingerprint density at radius 2 is 1.93 bits per heavy atom. The third kappa shape index (κ3) is 5.25. The summed E-state index contributed by atoms with van der Waals surface area (Å²) in [6.07, 6.45) is 5.20. The molecule has 0 saturated heterocycles. The molecule has 1 aromatic heterocycles. The van der Waals surface area contributed by atoms with Crippen molar-refractivity contribution in [3.05, 3.63) is 60.1 Å². The van der Waals surface area contributed by atoms with Gasteiger partial charge in [0.2, 0.25) is 0 Å². The lowest BCUT2D eigenvalue weighted by Crippen LogP contribution is -2.49. The van der Waals surface area contributed by atoms with E-state index in [0.717, 1.165) is 19.0 Å². The third-order valence-electron chi connectivity index (χ3n) is 5.23. The van der Waals surface area contributed by atoms with Crippen molar-refractivity contribution in [2.45, 2.75) is 44.1 Å². The number of benzene rings is 1. The summed E-state index contributed by atoms with van der Waals surface area (Å²) in [4.78, 5) is 4.58. The lowest BCUT2D eigenvalue weighted by atomic mass is 9.64. The molecule has 3 N–H and O–H groups in total. The van der Waals surface area contributed by atoms with Crippen LogP contribution in [-0.4, -0.2) is 30.7 Å². The Morgan fingerprint density at radius 1 is 1.19 bits per heavy atom. The van der Waals surface area contributed by atoms with Gasteiger partial charge in [-0.3, -0.25) is 0 Å². The molecule has 1 atom stereocenters. The molecule has 1 aliphatic rings. The Hall–Kier alpha value is -1.54. The van der Waals surface area contributed by atoms with E-state index in [9.17, 15) is 5.11 Å². The second kappa shape index (κ2) is 9.59. The van der Waals surface area contributed by atoms with Crippen LogP contribution >= 0.6 is 24.0 Å². The molecule has 0 aliphatic heterocycles. The van der Waals surface area contributed by atoms with Gasteiger partial charge < -0.3 is 20.2 Å². The van der Waals surface area contributed by atoms with E-state index < -0.39 is 5.60 Å². The molecule has 27 heavy (non-hydrogen) atoms. The van der Waals surface area contributed by atoms with Gasteiger partial charge in [-0.15, -0.1) is 24.0 Å². The van der Waals surface area contributed by atoms with Gasteiger partial charge in [0.1, 0.15) is 11.4 Å². The maximum atomic E-state index is 10.6. The van der Waals surface area contributed by atoms with Crippen molar-refractivity contribution in [3.8, 4) is 0 Å². The van der Waals surface area contributed by atoms with E-state index in [0.29, 0.717) is 5.76 Å². The highest BCUT2D eigenvalue weighted by molar-refractivity contribution is 14.0. The summed E-state index contributed by atoms with van der Waals surface area (Å²) in [6.45, 7) is 5.60. The van der Waals surface area contributed by atoms with Crippen LogP contribution in [0, 0.1) is 0 Å². The van der Waals surface area contributed by atoms with Crippen molar-refractivity contribution in [1.29, 1.82) is 0 Å². The third-order valence-corrected chi connectivity index (χ3v) is 5.23. The first kappa shape index (κ1) is 21.8. The monoisotopic (exact) mass is 483 g/mol. The van der Waals surface area contributed by atoms with Gasteiger partial charge >= 0.3 is 0 Å². The smallest absolute Gasteiger partial charge is 0.191 e. The minimum atomic E-state index is -1.13. The Kier molecular flexibility index (Phi) is 7.73. The van der Waals surface area contributed by atoms with Gasteiger partial charge in [-0.05, 0) is 44.4 Å². The maximum absolute atomic E-state index is 10.6. The summed E-state index contributed by atoms with van der Waals surface area (Å²) < 4.78 is 5.33. The summed E-state index contributed by atoms with van der Waals surface area (Å²) in [5, 5.41) is 17.3. The van der Waals surface area contributed by atoms with Crippen LogP contribution in [0.25, 0.3) is 0 Å². The first-order valence-electron chi connectivity index (χ1n) is 9.40. The standard InChI is InChI=1S/C21H29N3O2.HI/c1-3-22-19(23-15-20(2,25)18-11-7-14-26-18)24-16-21(12-8-13-21)17-9-5-4-6-10-17;/h4-7,9-11,14,25H,3,8,12-13,15-16H2,1-2H3,(H2,22,23,24);1H. The molecule has 0 spiro atoms. The van der Waals surface area contributed by atoms with Crippen molar-refractivity contribution in [3.63, 3.8) is 0 Å². The molecule has 0 bridgehead atoms. The average Bonchev–Trinajstić information content (AvgIpc) is 3.15. The highest BCUT2D eigenvalue weighted by Gasteiger charge is 2.38. The summed E-state index contributed by atoms with van der Waals surface area (Å²) in [6, 6.07) is 14.3. The van der Waals surface area contributed by atoms with Crippen LogP contribution in [0.4, 0.5) is 0 Å². The molecule has 148 valence electrons. The molecule has 1 aromatic carbocycles. The van der Waals surface area contributed by atoms with E-state index in [-0.39, 0.29) is 35.9 Å². The average molecular weight is 483 g/mol. The molecule has 6 heteroatoms. The molecule has 0 radical (unpaired) electrons. The zero-order valence-corrected chi connectivity index (χ0v) is 18.4. The minimum absolute atomic E-state index is 0. The number of guanidine groups is 1. The molecular weight excluding hydrogens is 453 g/mol. The van der Waals surface area contributed by atoms with Crippen molar-refractivity contribution in [2.75, 3.05) is 19.6 Å². The van der Waals surface area contributed by atoms with Crippen molar-refractivity contribution in [1.82, 2.24) is 10.6 Å². The van der Waals surface area contributed by atoms with E-state index in [1.54, 1.807) is 25.3 Å². The van der Waals surface area contributed by atoms with Gasteiger partial charge in [0, 0.05) is 18.5 Å². The predicted octanol–water partition coefficient (Wildman–Crippen LogP) is 3.78. The lowest BCUT2D eigenvalue weighted by Gasteiger charge is -2.43. The Labute approximate surface area is 178 Å². The molecule has 1 fully saturated rings. The molecule has 0 amide bonds. The van der Waals surface area contributed by atoms with Gasteiger partial charge in [0.15, 0.2) is 5.96 Å². The van der Waals surface area contributed by atoms with Crippen molar-refractivity contribution >= 4 is 29.9 Å². The second-order valence-corrected chi connectivity index (χ2v) is 7.30. The fourth-order valence-corrected chi connectivity index (χ4v) is 3.45. The SMILES string of the molecule is CCNC(=NCC(C)(O)c1ccco1)NCC1(c2ccccc2)CCC1.I. The Bertz CT molecular complexity index is 710. The van der Waals surface area contributed by atoms with Gasteiger partial charge in [-0.1, -0.05) is 36.8 Å². The van der Waals surface area contributed by atoms with Crippen LogP contribution in [0.3, 0.4) is 0 Å². The number of furan rings is 1. The summed E-state index contributed by atoms with van der Waals surface area (Å²) in [7, 11) is 0. The van der Waals surface area contributed by atoms with Crippen molar-refractivity contribution in [2.24, 2.45) is 4.99 Å². The van der Waals surface area contributed by atoms with E-state index in [4.69, 9.17) is 4.42 Å². The summed E-state index contributed by atoms with van der Waals surface area (Å²) in [5.74, 6) is 1.25. The largest absolute Gasteiger partial charge is 0.466 e. The van der Waals surface area contributed by atoms with Crippen LogP contribution in [0.5, 0.6) is 0 Å². The van der Waals surface area contributed by atoms with Gasteiger partial charge in [0.05, 0.1) is 12.8 Å². The van der Waals surface area contributed by atoms with E-state index in [2.05, 4.69) is 46.0 Å². The molecule has 3 rings (SSSR count). The van der Waals surface area contributed by atoms with Gasteiger partial charge in [0.25, 0.3) is 0 Å². The highest BCUT2D eigenvalue weighted by Crippen LogP contribution is 2.43. The van der Waals surface area contributed by atoms with Crippen molar-refractivity contribution < 1.29 is 9.52 Å². The van der Waals surface area contributed by atoms with E-state index >= 15 is 0 Å². The zero-order chi connectivity index (χ0) is 18.5. The predicted molar refractivity (Wildman–Crippen MR) is 120 cm³/mol. The lowest BCUT2D eigenvalue weighted by molar-refractivity contribution is 0.0436. The number of nitrogens with zero attached hydrogens (tertiary/aromatic N) is 1. The molecule has 1 saturated carbocycles. The zero-order valence-electron chi connectivity index (χ0n) is 16.1. The summed E-state index contributed by atoms with van der Waals surface area (Å²) >= 11 is 0. The quantitative estimate of drug-likeness (QED) is 0.319. The summed E-state index contributed by atoms with van der Waals surface area (Å²) in [5.41, 5.74) is 0.442. The first-order chi connectivity index (χ1) is 12.6. The van der Waals surface area contributed by atoms with Gasteiger partial charge in [-0.25, -0.2) is 4.99 Å². The minimum Gasteiger partial charge on any atom is -0.466 e. The number of halogens is 1. The fraction of sp³-hybridized carbons (Fsp3) is 0.476. The molecule has 1 heterocycles. The topological polar surface area (TPSA) is 69.8 Å². The van der Waals surface area contributed by atoms with E-state index in [1.165, 1.54) is 24.8 Å². The van der Waals surface area contributed by atoms with Crippen LogP contribution in [-0.2, 0) is 11.0 Å². The van der Waals surface area contributed by atoms with Gasteiger partial charge in [-0.2, -0.15) is 0 Å². The number of aliphatic hydroxyl groups is 1. The number of hydrogen-bond donors (Lipinski definition) is 3. The Morgan fingerprint density at radius 3 is 2.48 bits per heavy atom. The first-order valence-corrected chi connectivity index (χ1v) is 9.40. The molecule has 5 nitrogen and oxygen atoms in total.